The SMILES string of the molecule is Cc1ccc(-c2noc(=O)[nH]2)cc1N(CC(=O)NCCCC(C)C)CC(=O)N(C)N1Cc2ccccc2C1. The van der Waals surface area contributed by atoms with Gasteiger partial charge in [-0.1, -0.05) is 55.4 Å². The number of hydrazine groups is 1. The summed E-state index contributed by atoms with van der Waals surface area (Å²) in [5, 5.41) is 10.4. The Morgan fingerprint density at radius 3 is 2.47 bits per heavy atom. The Balaban J connectivity index is 1.52. The van der Waals surface area contributed by atoms with Crippen LogP contribution in [0, 0.1) is 12.8 Å². The molecule has 1 aliphatic rings. The van der Waals surface area contributed by atoms with E-state index in [2.05, 4.69) is 46.0 Å². The highest BCUT2D eigenvalue weighted by atomic mass is 16.5. The number of fused-ring (bicyclic) bond motifs is 1. The highest BCUT2D eigenvalue weighted by Gasteiger charge is 2.27. The molecule has 38 heavy (non-hydrogen) atoms. The van der Waals surface area contributed by atoms with Crippen molar-refractivity contribution in [2.24, 2.45) is 5.92 Å². The molecule has 4 rings (SSSR count). The van der Waals surface area contributed by atoms with Gasteiger partial charge in [-0.2, -0.15) is 0 Å². The van der Waals surface area contributed by atoms with E-state index < -0.39 is 5.76 Å². The largest absolute Gasteiger partial charge is 0.439 e. The van der Waals surface area contributed by atoms with Gasteiger partial charge in [0.1, 0.15) is 0 Å². The van der Waals surface area contributed by atoms with Crippen LogP contribution >= 0.6 is 0 Å². The van der Waals surface area contributed by atoms with Crippen LogP contribution < -0.4 is 16.0 Å². The summed E-state index contributed by atoms with van der Waals surface area (Å²) >= 11 is 0. The molecule has 202 valence electrons. The summed E-state index contributed by atoms with van der Waals surface area (Å²) < 4.78 is 4.66. The van der Waals surface area contributed by atoms with E-state index in [1.165, 1.54) is 11.1 Å². The summed E-state index contributed by atoms with van der Waals surface area (Å²) in [6, 6.07) is 13.7. The third kappa shape index (κ3) is 6.69. The summed E-state index contributed by atoms with van der Waals surface area (Å²) in [4.78, 5) is 42.2. The van der Waals surface area contributed by atoms with Crippen molar-refractivity contribution in [3.8, 4) is 11.4 Å². The molecular formula is C28H36N6O4. The van der Waals surface area contributed by atoms with Crippen LogP contribution in [0.15, 0.2) is 51.8 Å². The van der Waals surface area contributed by atoms with Gasteiger partial charge in [0.25, 0.3) is 5.91 Å². The Labute approximate surface area is 222 Å². The van der Waals surface area contributed by atoms with Crippen molar-refractivity contribution in [3.05, 3.63) is 69.7 Å². The van der Waals surface area contributed by atoms with Crippen molar-refractivity contribution >= 4 is 17.5 Å². The average Bonchev–Trinajstić information content (AvgIpc) is 3.52. The van der Waals surface area contributed by atoms with Crippen molar-refractivity contribution in [1.29, 1.82) is 0 Å². The molecule has 10 nitrogen and oxygen atoms in total. The topological polar surface area (TPSA) is 115 Å². The molecule has 2 amide bonds. The third-order valence-electron chi connectivity index (χ3n) is 6.81. The number of hydrogen-bond donors (Lipinski definition) is 2. The molecule has 2 N–H and O–H groups in total. The van der Waals surface area contributed by atoms with Gasteiger partial charge in [0.05, 0.1) is 13.1 Å². The minimum Gasteiger partial charge on any atom is -0.355 e. The Bertz CT molecular complexity index is 1310. The smallest absolute Gasteiger partial charge is 0.355 e. The fourth-order valence-electron chi connectivity index (χ4n) is 4.60. The van der Waals surface area contributed by atoms with Crippen LogP contribution in [0.5, 0.6) is 0 Å². The van der Waals surface area contributed by atoms with Crippen molar-refractivity contribution in [3.63, 3.8) is 0 Å². The first kappa shape index (κ1) is 27.1. The van der Waals surface area contributed by atoms with Gasteiger partial charge in [-0.3, -0.25) is 24.1 Å². The van der Waals surface area contributed by atoms with Crippen LogP contribution in [-0.4, -0.2) is 58.7 Å². The molecule has 0 spiro atoms. The lowest BCUT2D eigenvalue weighted by Gasteiger charge is -2.32. The fourth-order valence-corrected chi connectivity index (χ4v) is 4.60. The first-order valence-corrected chi connectivity index (χ1v) is 13.0. The van der Waals surface area contributed by atoms with Gasteiger partial charge in [-0.15, -0.1) is 0 Å². The van der Waals surface area contributed by atoms with E-state index in [0.717, 1.165) is 18.4 Å². The zero-order valence-corrected chi connectivity index (χ0v) is 22.5. The molecule has 0 saturated carbocycles. The molecule has 2 aromatic carbocycles. The van der Waals surface area contributed by atoms with Crippen LogP contribution in [0.4, 0.5) is 5.69 Å². The quantitative estimate of drug-likeness (QED) is 0.374. The number of nitrogens with one attached hydrogen (secondary N) is 2. The predicted molar refractivity (Wildman–Crippen MR) is 145 cm³/mol. The van der Waals surface area contributed by atoms with E-state index in [4.69, 9.17) is 0 Å². The van der Waals surface area contributed by atoms with Crippen LogP contribution in [0.25, 0.3) is 11.4 Å². The van der Waals surface area contributed by atoms with Gasteiger partial charge in [-0.05, 0) is 48.4 Å². The second-order valence-electron chi connectivity index (χ2n) is 10.2. The molecular weight excluding hydrogens is 484 g/mol. The summed E-state index contributed by atoms with van der Waals surface area (Å²) in [5.41, 5.74) is 4.62. The number of carbonyl (C=O) groups is 2. The van der Waals surface area contributed by atoms with Crippen LogP contribution in [0.2, 0.25) is 0 Å². The van der Waals surface area contributed by atoms with Gasteiger partial charge < -0.3 is 10.2 Å². The summed E-state index contributed by atoms with van der Waals surface area (Å²) in [6.07, 6.45) is 1.93. The summed E-state index contributed by atoms with van der Waals surface area (Å²) in [5.74, 6) is -0.0834. The Hall–Kier alpha value is -3.92. The molecule has 0 radical (unpaired) electrons. The fraction of sp³-hybridized carbons (Fsp3) is 0.429. The van der Waals surface area contributed by atoms with Crippen LogP contribution in [0.1, 0.15) is 43.4 Å². The van der Waals surface area contributed by atoms with Crippen molar-refractivity contribution in [1.82, 2.24) is 25.5 Å². The lowest BCUT2D eigenvalue weighted by atomic mass is 10.1. The first-order chi connectivity index (χ1) is 18.2. The van der Waals surface area contributed by atoms with Gasteiger partial charge in [-0.25, -0.2) is 9.80 Å². The number of likely N-dealkylation sites (N-methyl/N-ethyl adjacent to an activating group) is 1. The average molecular weight is 521 g/mol. The van der Waals surface area contributed by atoms with Crippen LogP contribution in [-0.2, 0) is 22.7 Å². The Morgan fingerprint density at radius 1 is 1.13 bits per heavy atom. The van der Waals surface area contributed by atoms with E-state index >= 15 is 0 Å². The summed E-state index contributed by atoms with van der Waals surface area (Å²) in [7, 11) is 1.77. The van der Waals surface area contributed by atoms with E-state index in [9.17, 15) is 14.4 Å². The van der Waals surface area contributed by atoms with Crippen molar-refractivity contribution in [2.45, 2.75) is 46.7 Å². The second-order valence-corrected chi connectivity index (χ2v) is 10.2. The van der Waals surface area contributed by atoms with Gasteiger partial charge in [0.15, 0.2) is 5.82 Å². The molecule has 1 aliphatic heterocycles. The number of anilines is 1. The molecule has 0 aliphatic carbocycles. The van der Waals surface area contributed by atoms with Gasteiger partial charge >= 0.3 is 5.76 Å². The Kier molecular flexibility index (Phi) is 8.62. The molecule has 0 bridgehead atoms. The maximum atomic E-state index is 13.5. The monoisotopic (exact) mass is 520 g/mol. The minimum atomic E-state index is -0.650. The highest BCUT2D eigenvalue weighted by molar-refractivity contribution is 5.87. The number of amides is 2. The summed E-state index contributed by atoms with van der Waals surface area (Å²) in [6.45, 7) is 8.15. The van der Waals surface area contributed by atoms with Gasteiger partial charge in [0.2, 0.25) is 5.91 Å². The highest BCUT2D eigenvalue weighted by Crippen LogP contribution is 2.27. The number of benzene rings is 2. The van der Waals surface area contributed by atoms with E-state index in [1.807, 2.05) is 42.3 Å². The number of rotatable bonds is 11. The zero-order valence-electron chi connectivity index (χ0n) is 22.5. The number of aromatic amines is 1. The molecule has 3 aromatic rings. The zero-order chi connectivity index (χ0) is 27.2. The number of aryl methyl sites for hydroxylation is 1. The maximum Gasteiger partial charge on any atom is 0.439 e. The molecule has 10 heteroatoms. The number of nitrogens with zero attached hydrogens (tertiary/aromatic N) is 4. The maximum absolute atomic E-state index is 13.5. The molecule has 0 unspecified atom stereocenters. The van der Waals surface area contributed by atoms with Gasteiger partial charge in [0, 0.05) is 37.9 Å². The first-order valence-electron chi connectivity index (χ1n) is 13.0. The van der Waals surface area contributed by atoms with E-state index in [-0.39, 0.29) is 30.7 Å². The minimum absolute atomic E-state index is 0.00237. The van der Waals surface area contributed by atoms with Crippen molar-refractivity contribution < 1.29 is 14.1 Å². The number of carbonyl (C=O) groups excluding carboxylic acids is 2. The molecule has 1 aromatic heterocycles. The normalized spacial score (nSPS) is 13.0. The van der Waals surface area contributed by atoms with Crippen LogP contribution in [0.3, 0.4) is 0 Å². The number of H-pyrrole nitrogens is 1. The standard InChI is InChI=1S/C28H36N6O4/c1-19(2)8-7-13-29-25(35)17-33(24-14-21(12-11-20(24)3)27-30-28(37)38-31-27)18-26(36)32(4)34-15-22-9-5-6-10-23(22)16-34/h5-6,9-12,14,19H,7-8,13,15-18H2,1-4H3,(H,29,35)(H,30,31,37). The molecule has 2 heterocycles. The molecule has 0 fully saturated rings. The number of hydrogen-bond acceptors (Lipinski definition) is 7. The van der Waals surface area contributed by atoms with Crippen molar-refractivity contribution in [2.75, 3.05) is 31.6 Å². The van der Waals surface area contributed by atoms with E-state index in [1.54, 1.807) is 17.0 Å². The third-order valence-corrected chi connectivity index (χ3v) is 6.81. The second kappa shape index (κ2) is 12.1. The lowest BCUT2D eigenvalue weighted by Crippen LogP contribution is -2.48. The predicted octanol–water partition coefficient (Wildman–Crippen LogP) is 3.09. The molecule has 0 atom stereocenters. The Morgan fingerprint density at radius 2 is 1.84 bits per heavy atom. The lowest BCUT2D eigenvalue weighted by molar-refractivity contribution is -0.145. The number of aromatic nitrogens is 2. The molecule has 0 saturated heterocycles. The van der Waals surface area contributed by atoms with E-state index in [0.29, 0.717) is 36.8 Å².